The number of hydrogen-bond donors (Lipinski definition) is 0. The molecule has 0 aromatic rings. The van der Waals surface area contributed by atoms with Gasteiger partial charge in [-0.1, -0.05) is 39.5 Å². The number of hydrogen-bond acceptors (Lipinski definition) is 2. The minimum absolute atomic E-state index is 0.325. The topological polar surface area (TPSA) is 34.1 Å². The van der Waals surface area contributed by atoms with Crippen LogP contribution in [0.3, 0.4) is 0 Å². The second-order valence-electron chi connectivity index (χ2n) is 4.85. The van der Waals surface area contributed by atoms with Gasteiger partial charge in [0.05, 0.1) is 0 Å². The number of ketones is 2. The monoisotopic (exact) mass is 240 g/mol. The van der Waals surface area contributed by atoms with Crippen molar-refractivity contribution in [3.63, 3.8) is 0 Å². The Kier molecular flexibility index (Phi) is 11.4. The van der Waals surface area contributed by atoms with Crippen molar-refractivity contribution in [3.05, 3.63) is 0 Å². The lowest BCUT2D eigenvalue weighted by Gasteiger charge is -2.01. The maximum Gasteiger partial charge on any atom is 0.132 e. The highest BCUT2D eigenvalue weighted by atomic mass is 16.1. The highest BCUT2D eigenvalue weighted by molar-refractivity contribution is 5.81. The van der Waals surface area contributed by atoms with Crippen molar-refractivity contribution in [2.45, 2.75) is 84.5 Å². The average molecular weight is 240 g/mol. The van der Waals surface area contributed by atoms with Gasteiger partial charge in [-0.2, -0.15) is 0 Å². The normalized spacial score (nSPS) is 10.5. The Labute approximate surface area is 106 Å². The van der Waals surface area contributed by atoms with E-state index < -0.39 is 0 Å². The van der Waals surface area contributed by atoms with E-state index in [0.717, 1.165) is 32.1 Å². The molecular formula is C15H28O2. The molecule has 0 fully saturated rings. The quantitative estimate of drug-likeness (QED) is 0.472. The van der Waals surface area contributed by atoms with Gasteiger partial charge in [-0.15, -0.1) is 0 Å². The molecule has 0 aromatic heterocycles. The molecule has 0 spiro atoms. The predicted molar refractivity (Wildman–Crippen MR) is 72.1 cm³/mol. The van der Waals surface area contributed by atoms with Crippen molar-refractivity contribution >= 4 is 11.6 Å². The highest BCUT2D eigenvalue weighted by Gasteiger charge is 2.05. The molecule has 0 aliphatic rings. The Hall–Kier alpha value is -0.660. The summed E-state index contributed by atoms with van der Waals surface area (Å²) in [5.41, 5.74) is 0. The third kappa shape index (κ3) is 11.6. The number of carbonyl (C=O) groups excluding carboxylic acids is 2. The molecule has 0 N–H and O–H groups in total. The molecule has 0 amide bonds. The first-order chi connectivity index (χ1) is 8.20. The highest BCUT2D eigenvalue weighted by Crippen LogP contribution is 2.08. The molecule has 0 saturated carbocycles. The van der Waals surface area contributed by atoms with E-state index in [2.05, 4.69) is 13.8 Å². The van der Waals surface area contributed by atoms with Crippen LogP contribution < -0.4 is 0 Å². The fraction of sp³-hybridized carbons (Fsp3) is 0.867. The Balaban J connectivity index is 3.35. The van der Waals surface area contributed by atoms with Crippen LogP contribution >= 0.6 is 0 Å². The fourth-order valence-corrected chi connectivity index (χ4v) is 1.86. The summed E-state index contributed by atoms with van der Waals surface area (Å²) in [7, 11) is 0. The Bertz CT molecular complexity index is 209. The zero-order valence-corrected chi connectivity index (χ0v) is 11.6. The molecular weight excluding hydrogens is 212 g/mol. The standard InChI is InChI=1S/C15H28O2/c1-3-5-7-8-11-15(17)13-9-12-14(16)10-6-4-2/h3-13H2,1-2H3. The zero-order chi connectivity index (χ0) is 12.9. The maximum atomic E-state index is 11.5. The smallest absolute Gasteiger partial charge is 0.132 e. The van der Waals surface area contributed by atoms with Gasteiger partial charge in [0, 0.05) is 25.7 Å². The predicted octanol–water partition coefficient (Wildman–Crippen LogP) is 4.46. The molecule has 0 aromatic carbocycles. The number of Topliss-reactive ketones (excluding diaryl/α,β-unsaturated/α-hetero) is 2. The molecule has 0 saturated heterocycles. The summed E-state index contributed by atoms with van der Waals surface area (Å²) in [6.45, 7) is 4.26. The molecule has 0 radical (unpaired) electrons. The van der Waals surface area contributed by atoms with Gasteiger partial charge in [0.25, 0.3) is 0 Å². The molecule has 100 valence electrons. The van der Waals surface area contributed by atoms with Gasteiger partial charge in [-0.25, -0.2) is 0 Å². The number of carbonyl (C=O) groups is 2. The largest absolute Gasteiger partial charge is 0.300 e. The van der Waals surface area contributed by atoms with Gasteiger partial charge < -0.3 is 0 Å². The fourth-order valence-electron chi connectivity index (χ4n) is 1.86. The van der Waals surface area contributed by atoms with E-state index in [4.69, 9.17) is 0 Å². The van der Waals surface area contributed by atoms with Gasteiger partial charge in [0.2, 0.25) is 0 Å². The summed E-state index contributed by atoms with van der Waals surface area (Å²) in [5.74, 6) is 0.662. The number of rotatable bonds is 12. The minimum atomic E-state index is 0.325. The van der Waals surface area contributed by atoms with Crippen LogP contribution in [0, 0.1) is 0 Å². The van der Waals surface area contributed by atoms with Crippen molar-refractivity contribution in [1.29, 1.82) is 0 Å². The van der Waals surface area contributed by atoms with E-state index in [1.54, 1.807) is 0 Å². The molecule has 2 nitrogen and oxygen atoms in total. The summed E-state index contributed by atoms with van der Waals surface area (Å²) in [5, 5.41) is 0. The van der Waals surface area contributed by atoms with Crippen molar-refractivity contribution in [2.24, 2.45) is 0 Å². The first-order valence-corrected chi connectivity index (χ1v) is 7.24. The van der Waals surface area contributed by atoms with E-state index in [1.807, 2.05) is 0 Å². The summed E-state index contributed by atoms with van der Waals surface area (Å²) in [6.07, 6.45) is 10.0. The molecule has 0 rings (SSSR count). The van der Waals surface area contributed by atoms with Crippen LogP contribution in [-0.2, 0) is 9.59 Å². The lowest BCUT2D eigenvalue weighted by molar-refractivity contribution is -0.120. The minimum Gasteiger partial charge on any atom is -0.300 e. The van der Waals surface area contributed by atoms with Crippen molar-refractivity contribution < 1.29 is 9.59 Å². The number of unbranched alkanes of at least 4 members (excludes halogenated alkanes) is 4. The average Bonchev–Trinajstić information content (AvgIpc) is 2.32. The molecule has 0 aliphatic carbocycles. The molecule has 0 aliphatic heterocycles. The van der Waals surface area contributed by atoms with Crippen molar-refractivity contribution in [1.82, 2.24) is 0 Å². The van der Waals surface area contributed by atoms with Crippen molar-refractivity contribution in [2.75, 3.05) is 0 Å². The van der Waals surface area contributed by atoms with Crippen LogP contribution in [0.1, 0.15) is 84.5 Å². The second-order valence-corrected chi connectivity index (χ2v) is 4.85. The van der Waals surface area contributed by atoms with Crippen LogP contribution in [0.25, 0.3) is 0 Å². The Morgan fingerprint density at radius 3 is 1.59 bits per heavy atom. The third-order valence-electron chi connectivity index (χ3n) is 3.03. The van der Waals surface area contributed by atoms with E-state index in [0.29, 0.717) is 37.2 Å². The first kappa shape index (κ1) is 16.3. The molecule has 0 atom stereocenters. The molecule has 2 heteroatoms. The first-order valence-electron chi connectivity index (χ1n) is 7.24. The zero-order valence-electron chi connectivity index (χ0n) is 11.6. The summed E-state index contributed by atoms with van der Waals surface area (Å²) in [4.78, 5) is 22.9. The van der Waals surface area contributed by atoms with E-state index in [9.17, 15) is 9.59 Å². The lowest BCUT2D eigenvalue weighted by Crippen LogP contribution is -2.02. The van der Waals surface area contributed by atoms with Gasteiger partial charge in [0.1, 0.15) is 11.6 Å². The molecule has 0 unspecified atom stereocenters. The summed E-state index contributed by atoms with van der Waals surface area (Å²) in [6, 6.07) is 0. The van der Waals surface area contributed by atoms with Crippen LogP contribution in [0.4, 0.5) is 0 Å². The summed E-state index contributed by atoms with van der Waals surface area (Å²) < 4.78 is 0. The van der Waals surface area contributed by atoms with Gasteiger partial charge in [-0.3, -0.25) is 9.59 Å². The van der Waals surface area contributed by atoms with Gasteiger partial charge in [0.15, 0.2) is 0 Å². The van der Waals surface area contributed by atoms with Gasteiger partial charge in [-0.05, 0) is 19.3 Å². The molecule has 17 heavy (non-hydrogen) atoms. The van der Waals surface area contributed by atoms with E-state index >= 15 is 0 Å². The van der Waals surface area contributed by atoms with Crippen LogP contribution in [0.15, 0.2) is 0 Å². The second kappa shape index (κ2) is 11.8. The molecule has 0 bridgehead atoms. The Morgan fingerprint density at radius 1 is 0.588 bits per heavy atom. The van der Waals surface area contributed by atoms with Crippen LogP contribution in [0.5, 0.6) is 0 Å². The third-order valence-corrected chi connectivity index (χ3v) is 3.03. The lowest BCUT2D eigenvalue weighted by atomic mass is 10.0. The maximum absolute atomic E-state index is 11.5. The van der Waals surface area contributed by atoms with E-state index in [1.165, 1.54) is 12.8 Å². The van der Waals surface area contributed by atoms with Crippen LogP contribution in [-0.4, -0.2) is 11.6 Å². The SMILES string of the molecule is CCCCCCC(=O)CCCC(=O)CCCC. The molecule has 0 heterocycles. The Morgan fingerprint density at radius 2 is 1.06 bits per heavy atom. The summed E-state index contributed by atoms with van der Waals surface area (Å²) >= 11 is 0. The van der Waals surface area contributed by atoms with Crippen LogP contribution in [0.2, 0.25) is 0 Å². The van der Waals surface area contributed by atoms with Crippen molar-refractivity contribution in [3.8, 4) is 0 Å². The van der Waals surface area contributed by atoms with E-state index in [-0.39, 0.29) is 0 Å². The van der Waals surface area contributed by atoms with Gasteiger partial charge >= 0.3 is 0 Å².